The monoisotopic (exact) mass is 323 g/mol. The summed E-state index contributed by atoms with van der Waals surface area (Å²) in [6.45, 7) is 5.12. The maximum atomic E-state index is 13.0. The molecule has 0 radical (unpaired) electrons. The van der Waals surface area contributed by atoms with E-state index in [1.54, 1.807) is 12.1 Å². The summed E-state index contributed by atoms with van der Waals surface area (Å²) < 4.78 is 0. The Labute approximate surface area is 135 Å². The van der Waals surface area contributed by atoms with Crippen molar-refractivity contribution in [1.29, 1.82) is 0 Å². The first-order valence-electron chi connectivity index (χ1n) is 7.89. The average molecular weight is 324 g/mol. The second-order valence-electron chi connectivity index (χ2n) is 5.93. The molecule has 120 valence electrons. The Kier molecular flexibility index (Phi) is 4.86. The van der Waals surface area contributed by atoms with E-state index < -0.39 is 0 Å². The van der Waals surface area contributed by atoms with Gasteiger partial charge in [-0.05, 0) is 30.5 Å². The van der Waals surface area contributed by atoms with E-state index in [9.17, 15) is 9.90 Å². The van der Waals surface area contributed by atoms with Gasteiger partial charge in [-0.15, -0.1) is 0 Å². The number of carbonyl (C=O) groups is 1. The molecule has 2 N–H and O–H groups in total. The number of halogens is 1. The maximum absolute atomic E-state index is 13.0. The summed E-state index contributed by atoms with van der Waals surface area (Å²) >= 11 is 6.06. The zero-order valence-electron chi connectivity index (χ0n) is 12.6. The number of hydrogen-bond donors (Lipinski definition) is 2. The zero-order chi connectivity index (χ0) is 15.5. The number of carbonyl (C=O) groups excluding carboxylic acids is 1. The van der Waals surface area contributed by atoms with Crippen LogP contribution in [0.2, 0.25) is 5.02 Å². The van der Waals surface area contributed by atoms with E-state index in [0.29, 0.717) is 5.02 Å². The lowest BCUT2D eigenvalue weighted by Crippen LogP contribution is -2.49. The smallest absolute Gasteiger partial charge is 0.244 e. The Morgan fingerprint density at radius 3 is 2.50 bits per heavy atom. The minimum atomic E-state index is -0.307. The van der Waals surface area contributed by atoms with Crippen LogP contribution < -0.4 is 5.32 Å². The molecule has 5 nitrogen and oxygen atoms in total. The van der Waals surface area contributed by atoms with Crippen LogP contribution in [0.4, 0.5) is 0 Å². The van der Waals surface area contributed by atoms with Crippen molar-refractivity contribution in [2.45, 2.75) is 18.9 Å². The lowest BCUT2D eigenvalue weighted by Gasteiger charge is -2.36. The molecule has 0 saturated carbocycles. The van der Waals surface area contributed by atoms with E-state index >= 15 is 0 Å². The molecule has 2 aliphatic rings. The normalized spacial score (nSPS) is 21.0. The SMILES string of the molecule is O=C(C(c1ccc(O)c(Cl)c1)N1CCNCC1)N1CCCC1. The Morgan fingerprint density at radius 1 is 1.18 bits per heavy atom. The number of nitrogens with one attached hydrogen (secondary N) is 1. The molecule has 2 saturated heterocycles. The van der Waals surface area contributed by atoms with Gasteiger partial charge >= 0.3 is 0 Å². The summed E-state index contributed by atoms with van der Waals surface area (Å²) in [7, 11) is 0. The quantitative estimate of drug-likeness (QED) is 0.887. The van der Waals surface area contributed by atoms with Gasteiger partial charge < -0.3 is 15.3 Å². The molecule has 1 aromatic carbocycles. The molecule has 0 aromatic heterocycles. The van der Waals surface area contributed by atoms with E-state index in [2.05, 4.69) is 10.2 Å². The molecule has 1 amide bonds. The van der Waals surface area contributed by atoms with Crippen LogP contribution >= 0.6 is 11.6 Å². The van der Waals surface area contributed by atoms with Crippen molar-refractivity contribution >= 4 is 17.5 Å². The van der Waals surface area contributed by atoms with E-state index in [0.717, 1.165) is 57.7 Å². The van der Waals surface area contributed by atoms with Gasteiger partial charge in [0.05, 0.1) is 5.02 Å². The van der Waals surface area contributed by atoms with Crippen molar-refractivity contribution in [2.24, 2.45) is 0 Å². The molecule has 2 aliphatic heterocycles. The van der Waals surface area contributed by atoms with Crippen LogP contribution in [0.25, 0.3) is 0 Å². The first-order valence-corrected chi connectivity index (χ1v) is 8.26. The third kappa shape index (κ3) is 3.21. The zero-order valence-corrected chi connectivity index (χ0v) is 13.4. The Bertz CT molecular complexity index is 540. The minimum absolute atomic E-state index is 0.0538. The number of nitrogens with zero attached hydrogens (tertiary/aromatic N) is 2. The highest BCUT2D eigenvalue weighted by molar-refractivity contribution is 6.32. The van der Waals surface area contributed by atoms with Crippen LogP contribution in [0.15, 0.2) is 18.2 Å². The fourth-order valence-electron chi connectivity index (χ4n) is 3.25. The molecule has 1 atom stereocenters. The molecular weight excluding hydrogens is 302 g/mol. The van der Waals surface area contributed by atoms with Gasteiger partial charge in [-0.25, -0.2) is 0 Å². The van der Waals surface area contributed by atoms with Gasteiger partial charge in [0.1, 0.15) is 11.8 Å². The van der Waals surface area contributed by atoms with E-state index in [4.69, 9.17) is 11.6 Å². The van der Waals surface area contributed by atoms with Crippen molar-refractivity contribution in [1.82, 2.24) is 15.1 Å². The molecule has 0 bridgehead atoms. The topological polar surface area (TPSA) is 55.8 Å². The molecule has 0 aliphatic carbocycles. The molecular formula is C16H22ClN3O2. The average Bonchev–Trinajstić information content (AvgIpc) is 3.06. The summed E-state index contributed by atoms with van der Waals surface area (Å²) in [5, 5.41) is 13.3. The maximum Gasteiger partial charge on any atom is 0.244 e. The highest BCUT2D eigenvalue weighted by Crippen LogP contribution is 2.31. The Balaban J connectivity index is 1.90. The van der Waals surface area contributed by atoms with Crippen LogP contribution in [0, 0.1) is 0 Å². The van der Waals surface area contributed by atoms with Crippen LogP contribution in [-0.4, -0.2) is 60.1 Å². The van der Waals surface area contributed by atoms with Gasteiger partial charge in [-0.2, -0.15) is 0 Å². The fourth-order valence-corrected chi connectivity index (χ4v) is 3.44. The summed E-state index contributed by atoms with van der Waals surface area (Å²) in [4.78, 5) is 17.2. The first-order chi connectivity index (χ1) is 10.7. The van der Waals surface area contributed by atoms with Gasteiger partial charge in [-0.3, -0.25) is 9.69 Å². The lowest BCUT2D eigenvalue weighted by molar-refractivity contribution is -0.136. The van der Waals surface area contributed by atoms with Crippen LogP contribution in [0.5, 0.6) is 5.75 Å². The molecule has 6 heteroatoms. The van der Waals surface area contributed by atoms with Gasteiger partial charge in [-0.1, -0.05) is 17.7 Å². The number of phenolic OH excluding ortho intramolecular Hbond substituents is 1. The van der Waals surface area contributed by atoms with Crippen LogP contribution in [-0.2, 0) is 4.79 Å². The standard InChI is InChI=1S/C16H22ClN3O2/c17-13-11-12(3-4-14(13)21)15(19-9-5-18-6-10-19)16(22)20-7-1-2-8-20/h3-4,11,15,18,21H,1-2,5-10H2. The van der Waals surface area contributed by atoms with E-state index in [-0.39, 0.29) is 17.7 Å². The van der Waals surface area contributed by atoms with Crippen LogP contribution in [0.3, 0.4) is 0 Å². The molecule has 1 unspecified atom stereocenters. The predicted molar refractivity (Wildman–Crippen MR) is 86.1 cm³/mol. The van der Waals surface area contributed by atoms with Crippen molar-refractivity contribution in [3.63, 3.8) is 0 Å². The van der Waals surface area contributed by atoms with Crippen molar-refractivity contribution in [2.75, 3.05) is 39.3 Å². The predicted octanol–water partition coefficient (Wildman–Crippen LogP) is 1.61. The third-order valence-corrected chi connectivity index (χ3v) is 4.76. The second-order valence-corrected chi connectivity index (χ2v) is 6.34. The highest BCUT2D eigenvalue weighted by Gasteiger charge is 2.33. The molecule has 3 rings (SSSR count). The van der Waals surface area contributed by atoms with Crippen molar-refractivity contribution < 1.29 is 9.90 Å². The third-order valence-electron chi connectivity index (χ3n) is 4.46. The van der Waals surface area contributed by atoms with E-state index in [1.807, 2.05) is 11.0 Å². The largest absolute Gasteiger partial charge is 0.506 e. The molecule has 2 heterocycles. The van der Waals surface area contributed by atoms with Gasteiger partial charge in [0.25, 0.3) is 0 Å². The van der Waals surface area contributed by atoms with Gasteiger partial charge in [0.15, 0.2) is 0 Å². The number of piperazine rings is 1. The summed E-state index contributed by atoms with van der Waals surface area (Å²) in [6, 6.07) is 4.79. The minimum Gasteiger partial charge on any atom is -0.506 e. The van der Waals surface area contributed by atoms with Gasteiger partial charge in [0.2, 0.25) is 5.91 Å². The molecule has 2 fully saturated rings. The summed E-state index contributed by atoms with van der Waals surface area (Å²) in [6.07, 6.45) is 2.16. The fraction of sp³-hybridized carbons (Fsp3) is 0.562. The van der Waals surface area contributed by atoms with Crippen LogP contribution in [0.1, 0.15) is 24.4 Å². The number of amides is 1. The Morgan fingerprint density at radius 2 is 1.86 bits per heavy atom. The number of aromatic hydroxyl groups is 1. The summed E-state index contributed by atoms with van der Waals surface area (Å²) in [5.74, 6) is 0.208. The first kappa shape index (κ1) is 15.6. The molecule has 22 heavy (non-hydrogen) atoms. The molecule has 1 aromatic rings. The number of likely N-dealkylation sites (tertiary alicyclic amines) is 1. The number of hydrogen-bond acceptors (Lipinski definition) is 4. The van der Waals surface area contributed by atoms with Gasteiger partial charge in [0, 0.05) is 39.3 Å². The highest BCUT2D eigenvalue weighted by atomic mass is 35.5. The second kappa shape index (κ2) is 6.86. The number of benzene rings is 1. The number of phenols is 1. The van der Waals surface area contributed by atoms with E-state index in [1.165, 1.54) is 0 Å². The lowest BCUT2D eigenvalue weighted by atomic mass is 10.0. The molecule has 0 spiro atoms. The Hall–Kier alpha value is -1.30. The van der Waals surface area contributed by atoms with Crippen molar-refractivity contribution in [3.8, 4) is 5.75 Å². The summed E-state index contributed by atoms with van der Waals surface area (Å²) in [5.41, 5.74) is 0.863. The van der Waals surface area contributed by atoms with Crippen molar-refractivity contribution in [3.05, 3.63) is 28.8 Å². The number of rotatable bonds is 3.